The van der Waals surface area contributed by atoms with Crippen LogP contribution < -0.4 is 0 Å². The Morgan fingerprint density at radius 1 is 0.353 bits per heavy atom. The molecule has 0 fully saturated rings. The van der Waals surface area contributed by atoms with E-state index >= 15 is 0 Å². The fraction of sp³-hybridized carbons (Fsp3) is 0. The summed E-state index contributed by atoms with van der Waals surface area (Å²) in [5.41, 5.74) is 12.7. The minimum atomic E-state index is 0.911. The summed E-state index contributed by atoms with van der Waals surface area (Å²) < 4.78 is 11.4. The Morgan fingerprint density at radius 3 is 1.86 bits per heavy atom. The van der Waals surface area contributed by atoms with Gasteiger partial charge in [0.1, 0.15) is 11.2 Å². The lowest BCUT2D eigenvalue weighted by atomic mass is 9.95. The van der Waals surface area contributed by atoms with Crippen molar-refractivity contribution < 1.29 is 4.42 Å². The van der Waals surface area contributed by atoms with Crippen LogP contribution in [0, 0.1) is 0 Å². The summed E-state index contributed by atoms with van der Waals surface area (Å²) in [4.78, 5) is 0. The van der Waals surface area contributed by atoms with Crippen molar-refractivity contribution >= 4 is 75.3 Å². The maximum Gasteiger partial charge on any atom is 0.136 e. The highest BCUT2D eigenvalue weighted by Crippen LogP contribution is 2.46. The fourth-order valence-corrected chi connectivity index (χ4v) is 9.33. The first-order valence-electron chi connectivity index (χ1n) is 17.3. The first-order chi connectivity index (χ1) is 25.3. The number of benzene rings is 8. The predicted octanol–water partition coefficient (Wildman–Crippen LogP) is 14.1. The molecule has 11 rings (SSSR count). The summed E-state index contributed by atoms with van der Waals surface area (Å²) >= 11 is 1.90. The molecule has 0 aliphatic rings. The molecule has 51 heavy (non-hydrogen) atoms. The van der Waals surface area contributed by atoms with Crippen molar-refractivity contribution in [2.75, 3.05) is 0 Å². The number of fused-ring (bicyclic) bond motifs is 9. The molecule has 0 atom stereocenters. The summed E-state index contributed by atoms with van der Waals surface area (Å²) in [6.07, 6.45) is 0. The molecule has 8 aromatic carbocycles. The molecule has 0 unspecified atom stereocenters. The van der Waals surface area contributed by atoms with Gasteiger partial charge in [0.25, 0.3) is 0 Å². The van der Waals surface area contributed by atoms with E-state index < -0.39 is 0 Å². The van der Waals surface area contributed by atoms with Crippen LogP contribution in [0.3, 0.4) is 0 Å². The van der Waals surface area contributed by atoms with Gasteiger partial charge in [-0.3, -0.25) is 0 Å². The largest absolute Gasteiger partial charge is 0.456 e. The molecule has 0 N–H and O–H groups in total. The maximum absolute atomic E-state index is 6.33. The molecular weight excluding hydrogens is 639 g/mol. The molecule has 3 aromatic heterocycles. The first-order valence-corrected chi connectivity index (χ1v) is 18.2. The number of nitrogens with zero attached hydrogens (tertiary/aromatic N) is 1. The molecule has 0 saturated heterocycles. The Morgan fingerprint density at radius 2 is 1.00 bits per heavy atom. The average molecular weight is 668 g/mol. The van der Waals surface area contributed by atoms with Crippen LogP contribution in [0.1, 0.15) is 0 Å². The molecule has 0 aliphatic carbocycles. The highest BCUT2D eigenvalue weighted by Gasteiger charge is 2.20. The van der Waals surface area contributed by atoms with Crippen LogP contribution >= 0.6 is 11.3 Å². The zero-order valence-corrected chi connectivity index (χ0v) is 28.3. The highest BCUT2D eigenvalue weighted by molar-refractivity contribution is 7.26. The van der Waals surface area contributed by atoms with Crippen LogP contribution in [-0.4, -0.2) is 4.57 Å². The van der Waals surface area contributed by atoms with Crippen LogP contribution in [0.5, 0.6) is 0 Å². The van der Waals surface area contributed by atoms with Crippen molar-refractivity contribution in [2.24, 2.45) is 0 Å². The van der Waals surface area contributed by atoms with E-state index in [4.69, 9.17) is 4.42 Å². The standard InChI is InChI=1S/C48H29NOS/c1-3-12-30(13-4-1)32-23-25-43-40(26-32)35-16-7-9-19-42(35)49(43)44-20-11-18-38-41-28-34(27-39(47(41)51-48(38)44)31-14-5-2-6-15-31)33-22-24-37-36-17-8-10-21-45(36)50-46(37)29-33/h1-29H. The third-order valence-corrected chi connectivity index (χ3v) is 11.7. The van der Waals surface area contributed by atoms with Gasteiger partial charge < -0.3 is 8.98 Å². The quantitative estimate of drug-likeness (QED) is 0.183. The van der Waals surface area contributed by atoms with Gasteiger partial charge in [0.15, 0.2) is 0 Å². The molecule has 11 aromatic rings. The number of furan rings is 1. The third-order valence-electron chi connectivity index (χ3n) is 10.4. The number of aromatic nitrogens is 1. The second-order valence-corrected chi connectivity index (χ2v) is 14.3. The summed E-state index contributed by atoms with van der Waals surface area (Å²) in [6.45, 7) is 0. The molecule has 0 spiro atoms. The monoisotopic (exact) mass is 667 g/mol. The zero-order chi connectivity index (χ0) is 33.5. The summed E-state index contributed by atoms with van der Waals surface area (Å²) in [6, 6.07) is 63.7. The summed E-state index contributed by atoms with van der Waals surface area (Å²) in [5, 5.41) is 7.35. The molecular formula is C48H29NOS. The first kappa shape index (κ1) is 28.4. The van der Waals surface area contributed by atoms with E-state index in [2.05, 4.69) is 168 Å². The molecule has 3 heterocycles. The summed E-state index contributed by atoms with van der Waals surface area (Å²) in [7, 11) is 0. The second-order valence-electron chi connectivity index (χ2n) is 13.3. The molecule has 0 radical (unpaired) electrons. The van der Waals surface area contributed by atoms with Gasteiger partial charge in [0.05, 0.1) is 21.4 Å². The Bertz CT molecular complexity index is 3130. The minimum Gasteiger partial charge on any atom is -0.456 e. The SMILES string of the molecule is c1ccc(-c2ccc3c(c2)c2ccccc2n3-c2cccc3c2sc2c(-c4ccccc4)cc(-c4ccc5c(c4)oc4ccccc45)cc23)cc1. The van der Waals surface area contributed by atoms with Crippen LogP contribution in [-0.2, 0) is 0 Å². The topological polar surface area (TPSA) is 18.1 Å². The van der Waals surface area contributed by atoms with Gasteiger partial charge in [0.2, 0.25) is 0 Å². The van der Waals surface area contributed by atoms with Crippen molar-refractivity contribution in [3.8, 4) is 39.1 Å². The van der Waals surface area contributed by atoms with Gasteiger partial charge in [-0.25, -0.2) is 0 Å². The van der Waals surface area contributed by atoms with Crippen molar-refractivity contribution in [3.05, 3.63) is 176 Å². The Balaban J connectivity index is 1.17. The smallest absolute Gasteiger partial charge is 0.136 e. The zero-order valence-electron chi connectivity index (χ0n) is 27.5. The number of hydrogen-bond acceptors (Lipinski definition) is 2. The highest BCUT2D eigenvalue weighted by atomic mass is 32.1. The lowest BCUT2D eigenvalue weighted by Crippen LogP contribution is -1.93. The van der Waals surface area contributed by atoms with Crippen LogP contribution in [0.25, 0.3) is 103 Å². The molecule has 238 valence electrons. The number of rotatable bonds is 4. The molecule has 0 amide bonds. The predicted molar refractivity (Wildman–Crippen MR) is 217 cm³/mol. The van der Waals surface area contributed by atoms with Gasteiger partial charge >= 0.3 is 0 Å². The fourth-order valence-electron chi connectivity index (χ4n) is 8.01. The molecule has 3 heteroatoms. The normalized spacial score (nSPS) is 11.9. The Labute approximate surface area is 298 Å². The number of hydrogen-bond donors (Lipinski definition) is 0. The Hall–Kier alpha value is -6.42. The molecule has 0 saturated carbocycles. The van der Waals surface area contributed by atoms with Crippen LogP contribution in [0.15, 0.2) is 180 Å². The van der Waals surface area contributed by atoms with Gasteiger partial charge in [-0.2, -0.15) is 0 Å². The van der Waals surface area contributed by atoms with Gasteiger partial charge in [-0.1, -0.05) is 121 Å². The van der Waals surface area contributed by atoms with Crippen molar-refractivity contribution in [3.63, 3.8) is 0 Å². The van der Waals surface area contributed by atoms with Crippen molar-refractivity contribution in [2.45, 2.75) is 0 Å². The summed E-state index contributed by atoms with van der Waals surface area (Å²) in [5.74, 6) is 0. The maximum atomic E-state index is 6.33. The van der Waals surface area contributed by atoms with E-state index in [1.54, 1.807) is 0 Å². The average Bonchev–Trinajstić information content (AvgIpc) is 3.87. The Kier molecular flexibility index (Phi) is 6.16. The van der Waals surface area contributed by atoms with Crippen LogP contribution in [0.2, 0.25) is 0 Å². The molecule has 0 aliphatic heterocycles. The number of para-hydroxylation sites is 2. The van der Waals surface area contributed by atoms with E-state index in [9.17, 15) is 0 Å². The van der Waals surface area contributed by atoms with Gasteiger partial charge in [-0.15, -0.1) is 11.3 Å². The van der Waals surface area contributed by atoms with Crippen molar-refractivity contribution in [1.82, 2.24) is 4.57 Å². The van der Waals surface area contributed by atoms with Gasteiger partial charge in [-0.05, 0) is 82.4 Å². The second kappa shape index (κ2) is 11.0. The minimum absolute atomic E-state index is 0.911. The number of thiophene rings is 1. The lowest BCUT2D eigenvalue weighted by molar-refractivity contribution is 0.669. The lowest BCUT2D eigenvalue weighted by Gasteiger charge is -2.10. The van der Waals surface area contributed by atoms with Crippen molar-refractivity contribution in [1.29, 1.82) is 0 Å². The van der Waals surface area contributed by atoms with Gasteiger partial charge in [0, 0.05) is 42.6 Å². The van der Waals surface area contributed by atoms with E-state index in [0.29, 0.717) is 0 Å². The van der Waals surface area contributed by atoms with E-state index in [0.717, 1.165) is 27.5 Å². The van der Waals surface area contributed by atoms with E-state index in [1.807, 2.05) is 23.5 Å². The van der Waals surface area contributed by atoms with E-state index in [1.165, 1.54) is 75.5 Å². The third kappa shape index (κ3) is 4.35. The van der Waals surface area contributed by atoms with Crippen LogP contribution in [0.4, 0.5) is 0 Å². The van der Waals surface area contributed by atoms with E-state index in [-0.39, 0.29) is 0 Å². The molecule has 0 bridgehead atoms. The molecule has 2 nitrogen and oxygen atoms in total.